The van der Waals surface area contributed by atoms with E-state index in [1.165, 1.54) is 55.6 Å². The summed E-state index contributed by atoms with van der Waals surface area (Å²) in [4.78, 5) is 40.7. The SMILES string of the molecule is CCOc1cc(/C=C2\C(=O)NC(=O)N(c3ccc(C45CC6CC(CC(C6)C4)C5)cc3)C2=O)ccc1OCc1ccc2ccccc2c1. The summed E-state index contributed by atoms with van der Waals surface area (Å²) in [5, 5.41) is 4.66. The fourth-order valence-corrected chi connectivity index (χ4v) is 8.98. The van der Waals surface area contributed by atoms with Gasteiger partial charge in [-0.2, -0.15) is 0 Å². The number of rotatable bonds is 8. The Balaban J connectivity index is 1.02. The van der Waals surface area contributed by atoms with Gasteiger partial charge in [0.15, 0.2) is 11.5 Å². The zero-order chi connectivity index (χ0) is 32.1. The lowest BCUT2D eigenvalue weighted by atomic mass is 9.48. The quantitative estimate of drug-likeness (QED) is 0.159. The number of nitrogens with one attached hydrogen (secondary N) is 1. The highest BCUT2D eigenvalue weighted by Gasteiger charge is 2.51. The second-order valence-electron chi connectivity index (χ2n) is 13.8. The van der Waals surface area contributed by atoms with Crippen molar-refractivity contribution in [2.24, 2.45) is 17.8 Å². The van der Waals surface area contributed by atoms with Gasteiger partial charge < -0.3 is 9.47 Å². The molecule has 0 spiro atoms. The van der Waals surface area contributed by atoms with E-state index in [0.29, 0.717) is 36.0 Å². The molecule has 0 unspecified atom stereocenters. The maximum absolute atomic E-state index is 13.7. The lowest BCUT2D eigenvalue weighted by molar-refractivity contribution is -0.122. The zero-order valence-corrected chi connectivity index (χ0v) is 26.5. The normalized spacial score (nSPS) is 25.8. The van der Waals surface area contributed by atoms with E-state index >= 15 is 0 Å². The van der Waals surface area contributed by atoms with E-state index in [1.807, 2.05) is 37.3 Å². The van der Waals surface area contributed by atoms with E-state index in [2.05, 4.69) is 41.7 Å². The predicted molar refractivity (Wildman–Crippen MR) is 181 cm³/mol. The van der Waals surface area contributed by atoms with Crippen LogP contribution >= 0.6 is 0 Å². The van der Waals surface area contributed by atoms with Gasteiger partial charge >= 0.3 is 6.03 Å². The molecule has 0 atom stereocenters. The number of barbiturate groups is 1. The van der Waals surface area contributed by atoms with E-state index < -0.39 is 17.8 Å². The molecule has 4 aliphatic carbocycles. The molecule has 9 rings (SSSR count). The smallest absolute Gasteiger partial charge is 0.335 e. The molecule has 4 amide bonds. The number of hydrogen-bond acceptors (Lipinski definition) is 5. The first kappa shape index (κ1) is 29.5. The van der Waals surface area contributed by atoms with Crippen LogP contribution < -0.4 is 19.7 Å². The summed E-state index contributed by atoms with van der Waals surface area (Å²) in [5.74, 6) is 2.14. The highest BCUT2D eigenvalue weighted by Crippen LogP contribution is 2.60. The first-order valence-corrected chi connectivity index (χ1v) is 16.8. The zero-order valence-electron chi connectivity index (χ0n) is 26.5. The number of ether oxygens (including phenoxy) is 2. The molecule has 0 aromatic heterocycles. The number of benzene rings is 4. The number of imide groups is 2. The van der Waals surface area contributed by atoms with E-state index in [4.69, 9.17) is 9.47 Å². The van der Waals surface area contributed by atoms with Crippen molar-refractivity contribution in [1.82, 2.24) is 5.32 Å². The summed E-state index contributed by atoms with van der Waals surface area (Å²) in [7, 11) is 0. The Bertz CT molecular complexity index is 1890. The van der Waals surface area contributed by atoms with Crippen LogP contribution in [0, 0.1) is 17.8 Å². The van der Waals surface area contributed by atoms with Gasteiger partial charge in [0.05, 0.1) is 12.3 Å². The summed E-state index contributed by atoms with van der Waals surface area (Å²) < 4.78 is 12.0. The van der Waals surface area contributed by atoms with Crippen LogP contribution in [0.1, 0.15) is 62.1 Å². The van der Waals surface area contributed by atoms with Gasteiger partial charge in [-0.25, -0.2) is 9.69 Å². The van der Waals surface area contributed by atoms with Crippen molar-refractivity contribution >= 4 is 40.4 Å². The van der Waals surface area contributed by atoms with Crippen LogP contribution in [0.25, 0.3) is 16.8 Å². The summed E-state index contributed by atoms with van der Waals surface area (Å²) in [6.45, 7) is 2.65. The van der Waals surface area contributed by atoms with Crippen molar-refractivity contribution < 1.29 is 23.9 Å². The van der Waals surface area contributed by atoms with Crippen molar-refractivity contribution in [1.29, 1.82) is 0 Å². The van der Waals surface area contributed by atoms with E-state index in [0.717, 1.165) is 33.6 Å². The second kappa shape index (κ2) is 11.7. The topological polar surface area (TPSA) is 84.9 Å². The molecule has 4 aromatic carbocycles. The number of carbonyl (C=O) groups is 3. The highest BCUT2D eigenvalue weighted by molar-refractivity contribution is 6.39. The van der Waals surface area contributed by atoms with E-state index in [1.54, 1.807) is 18.2 Å². The Morgan fingerprint density at radius 3 is 2.19 bits per heavy atom. The number of hydrogen-bond donors (Lipinski definition) is 1. The Hall–Kier alpha value is -4.91. The van der Waals surface area contributed by atoms with Gasteiger partial charge in [0.25, 0.3) is 11.8 Å². The van der Waals surface area contributed by atoms with Gasteiger partial charge in [-0.1, -0.05) is 54.6 Å². The molecule has 238 valence electrons. The van der Waals surface area contributed by atoms with Crippen molar-refractivity contribution in [2.75, 3.05) is 11.5 Å². The number of fused-ring (bicyclic) bond motifs is 1. The van der Waals surface area contributed by atoms with Crippen LogP contribution in [-0.4, -0.2) is 24.5 Å². The monoisotopic (exact) mass is 626 g/mol. The van der Waals surface area contributed by atoms with Crippen LogP contribution in [0.3, 0.4) is 0 Å². The standard InChI is InChI=1S/C40H38N2O5/c1-2-46-36-20-25(8-14-35(36)47-24-26-7-9-30-5-3-4-6-31(30)18-26)19-34-37(43)41-39(45)42(38(34)44)33-12-10-32(11-13-33)40-21-27-15-28(22-40)17-29(16-27)23-40/h3-14,18-20,27-29H,2,15-17,21-24H2,1H3,(H,41,43,45)/b34-19+. The summed E-state index contributed by atoms with van der Waals surface area (Å²) in [6, 6.07) is 26.8. The molecule has 1 saturated heterocycles. The Morgan fingerprint density at radius 1 is 0.787 bits per heavy atom. The lowest BCUT2D eigenvalue weighted by Crippen LogP contribution is -2.54. The third-order valence-corrected chi connectivity index (χ3v) is 10.7. The molecule has 4 bridgehead atoms. The van der Waals surface area contributed by atoms with Gasteiger partial charge in [0, 0.05) is 0 Å². The van der Waals surface area contributed by atoms with Crippen molar-refractivity contribution in [3.63, 3.8) is 0 Å². The molecule has 4 aromatic rings. The molecule has 1 heterocycles. The molecule has 7 heteroatoms. The molecule has 0 radical (unpaired) electrons. The van der Waals surface area contributed by atoms with Crippen LogP contribution in [0.4, 0.5) is 10.5 Å². The van der Waals surface area contributed by atoms with E-state index in [9.17, 15) is 14.4 Å². The number of anilines is 1. The third kappa shape index (κ3) is 5.47. The van der Waals surface area contributed by atoms with Crippen molar-refractivity contribution in [3.05, 3.63) is 107 Å². The Kier molecular flexibility index (Phi) is 7.35. The van der Waals surface area contributed by atoms with Gasteiger partial charge in [-0.15, -0.1) is 0 Å². The van der Waals surface area contributed by atoms with Crippen LogP contribution in [-0.2, 0) is 21.6 Å². The average molecular weight is 627 g/mol. The van der Waals surface area contributed by atoms with Crippen molar-refractivity contribution in [3.8, 4) is 11.5 Å². The summed E-state index contributed by atoms with van der Waals surface area (Å²) in [6.07, 6.45) is 9.32. The number of nitrogens with zero attached hydrogens (tertiary/aromatic N) is 1. The van der Waals surface area contributed by atoms with Crippen LogP contribution in [0.2, 0.25) is 0 Å². The molecule has 4 saturated carbocycles. The fraction of sp³-hybridized carbons (Fsp3) is 0.325. The first-order chi connectivity index (χ1) is 22.9. The first-order valence-electron chi connectivity index (χ1n) is 16.8. The molecule has 47 heavy (non-hydrogen) atoms. The van der Waals surface area contributed by atoms with E-state index in [-0.39, 0.29) is 11.0 Å². The molecular weight excluding hydrogens is 588 g/mol. The molecule has 5 fully saturated rings. The number of carbonyl (C=O) groups excluding carboxylic acids is 3. The Labute approximate surface area is 274 Å². The maximum Gasteiger partial charge on any atom is 0.335 e. The highest BCUT2D eigenvalue weighted by atomic mass is 16.5. The Morgan fingerprint density at radius 2 is 1.49 bits per heavy atom. The maximum atomic E-state index is 13.7. The number of urea groups is 1. The van der Waals surface area contributed by atoms with Gasteiger partial charge in [-0.3, -0.25) is 14.9 Å². The molecular formula is C40H38N2O5. The minimum atomic E-state index is -0.743. The summed E-state index contributed by atoms with van der Waals surface area (Å²) in [5.41, 5.74) is 3.46. The van der Waals surface area contributed by atoms with Crippen LogP contribution in [0.5, 0.6) is 11.5 Å². The molecule has 1 aliphatic heterocycles. The lowest BCUT2D eigenvalue weighted by Gasteiger charge is -2.57. The van der Waals surface area contributed by atoms with Gasteiger partial charge in [0.2, 0.25) is 0 Å². The van der Waals surface area contributed by atoms with Crippen molar-refractivity contribution in [2.45, 2.75) is 57.5 Å². The van der Waals surface area contributed by atoms with Crippen LogP contribution in [0.15, 0.2) is 90.5 Å². The second-order valence-corrected chi connectivity index (χ2v) is 13.8. The molecule has 1 N–H and O–H groups in total. The average Bonchev–Trinajstić information content (AvgIpc) is 3.06. The fourth-order valence-electron chi connectivity index (χ4n) is 8.98. The van der Waals surface area contributed by atoms with Gasteiger partial charge in [-0.05, 0) is 132 Å². The molecule has 7 nitrogen and oxygen atoms in total. The minimum Gasteiger partial charge on any atom is -0.490 e. The predicted octanol–water partition coefficient (Wildman–Crippen LogP) is 7.95. The number of amides is 4. The molecule has 5 aliphatic rings. The third-order valence-electron chi connectivity index (χ3n) is 10.7. The largest absolute Gasteiger partial charge is 0.490 e. The minimum absolute atomic E-state index is 0.123. The van der Waals surface area contributed by atoms with Gasteiger partial charge in [0.1, 0.15) is 12.2 Å². The summed E-state index contributed by atoms with van der Waals surface area (Å²) >= 11 is 0.